The SMILES string of the molecule is CNCc1sc2ccccc2c1CN1CC(C)OCC1C. The smallest absolute Gasteiger partial charge is 0.0674 e. The molecule has 1 aromatic heterocycles. The van der Waals surface area contributed by atoms with Gasteiger partial charge in [-0.2, -0.15) is 0 Å². The van der Waals surface area contributed by atoms with Gasteiger partial charge in [0.2, 0.25) is 0 Å². The monoisotopic (exact) mass is 304 g/mol. The first-order chi connectivity index (χ1) is 10.2. The number of benzene rings is 1. The third-order valence-electron chi connectivity index (χ3n) is 4.22. The third kappa shape index (κ3) is 3.14. The highest BCUT2D eigenvalue weighted by Gasteiger charge is 2.25. The summed E-state index contributed by atoms with van der Waals surface area (Å²) >= 11 is 1.92. The van der Waals surface area contributed by atoms with Gasteiger partial charge in [-0.25, -0.2) is 0 Å². The molecular formula is C17H24N2OS. The van der Waals surface area contributed by atoms with Crippen LogP contribution < -0.4 is 5.32 Å². The number of hydrogen-bond donors (Lipinski definition) is 1. The summed E-state index contributed by atoms with van der Waals surface area (Å²) in [6.07, 6.45) is 0.332. The first kappa shape index (κ1) is 15.0. The summed E-state index contributed by atoms with van der Waals surface area (Å²) in [4.78, 5) is 4.02. The Hall–Kier alpha value is -0.940. The van der Waals surface area contributed by atoms with Gasteiger partial charge in [0.15, 0.2) is 0 Å². The van der Waals surface area contributed by atoms with E-state index >= 15 is 0 Å². The van der Waals surface area contributed by atoms with Crippen molar-refractivity contribution in [2.75, 3.05) is 20.2 Å². The fourth-order valence-corrected chi connectivity index (χ4v) is 4.25. The Morgan fingerprint density at radius 3 is 2.95 bits per heavy atom. The van der Waals surface area contributed by atoms with Crippen molar-refractivity contribution in [2.45, 2.75) is 39.1 Å². The molecular weight excluding hydrogens is 280 g/mol. The van der Waals surface area contributed by atoms with E-state index in [0.717, 1.165) is 26.2 Å². The van der Waals surface area contributed by atoms with Crippen LogP contribution in [0, 0.1) is 0 Å². The van der Waals surface area contributed by atoms with Crippen LogP contribution in [0.5, 0.6) is 0 Å². The van der Waals surface area contributed by atoms with E-state index < -0.39 is 0 Å². The molecule has 2 atom stereocenters. The van der Waals surface area contributed by atoms with Crippen molar-refractivity contribution in [3.8, 4) is 0 Å². The predicted octanol–water partition coefficient (Wildman–Crippen LogP) is 3.23. The molecule has 0 radical (unpaired) electrons. The molecule has 1 fully saturated rings. The fraction of sp³-hybridized carbons (Fsp3) is 0.529. The molecule has 2 unspecified atom stereocenters. The van der Waals surface area contributed by atoms with Crippen molar-refractivity contribution in [1.29, 1.82) is 0 Å². The van der Waals surface area contributed by atoms with E-state index in [4.69, 9.17) is 4.74 Å². The van der Waals surface area contributed by atoms with Crippen molar-refractivity contribution in [3.05, 3.63) is 34.7 Å². The Bertz CT molecular complexity index is 610. The molecule has 2 aromatic rings. The number of nitrogens with one attached hydrogen (secondary N) is 1. The second-order valence-electron chi connectivity index (χ2n) is 5.95. The molecule has 0 bridgehead atoms. The van der Waals surface area contributed by atoms with Gasteiger partial charge >= 0.3 is 0 Å². The molecule has 0 aliphatic carbocycles. The van der Waals surface area contributed by atoms with E-state index in [1.54, 1.807) is 0 Å². The Kier molecular flexibility index (Phi) is 4.60. The zero-order valence-electron chi connectivity index (χ0n) is 13.1. The first-order valence-electron chi connectivity index (χ1n) is 7.68. The Labute approximate surface area is 130 Å². The van der Waals surface area contributed by atoms with Gasteiger partial charge in [-0.05, 0) is 37.9 Å². The lowest BCUT2D eigenvalue weighted by Gasteiger charge is -2.37. The summed E-state index contributed by atoms with van der Waals surface area (Å²) in [5, 5.41) is 4.73. The molecule has 1 aromatic carbocycles. The zero-order chi connectivity index (χ0) is 14.8. The summed E-state index contributed by atoms with van der Waals surface area (Å²) in [6.45, 7) is 8.26. The van der Waals surface area contributed by atoms with Crippen LogP contribution in [0.25, 0.3) is 10.1 Å². The lowest BCUT2D eigenvalue weighted by Crippen LogP contribution is -2.46. The molecule has 1 aliphatic heterocycles. The van der Waals surface area contributed by atoms with Gasteiger partial charge in [-0.15, -0.1) is 11.3 Å². The van der Waals surface area contributed by atoms with Crippen molar-refractivity contribution in [1.82, 2.24) is 10.2 Å². The molecule has 3 nitrogen and oxygen atoms in total. The van der Waals surface area contributed by atoms with Crippen LogP contribution in [0.3, 0.4) is 0 Å². The van der Waals surface area contributed by atoms with Crippen LogP contribution in [-0.4, -0.2) is 37.2 Å². The molecule has 2 heterocycles. The largest absolute Gasteiger partial charge is 0.376 e. The van der Waals surface area contributed by atoms with Crippen molar-refractivity contribution >= 4 is 21.4 Å². The number of fused-ring (bicyclic) bond motifs is 1. The average Bonchev–Trinajstić information content (AvgIpc) is 2.81. The van der Waals surface area contributed by atoms with Crippen molar-refractivity contribution in [3.63, 3.8) is 0 Å². The molecule has 0 spiro atoms. The van der Waals surface area contributed by atoms with E-state index in [1.807, 2.05) is 18.4 Å². The van der Waals surface area contributed by atoms with Crippen LogP contribution >= 0.6 is 11.3 Å². The Balaban J connectivity index is 1.92. The number of nitrogens with zero attached hydrogens (tertiary/aromatic N) is 1. The van der Waals surface area contributed by atoms with Crippen LogP contribution in [0.4, 0.5) is 0 Å². The van der Waals surface area contributed by atoms with Crippen LogP contribution in [-0.2, 0) is 17.8 Å². The Morgan fingerprint density at radius 2 is 2.14 bits per heavy atom. The summed E-state index contributed by atoms with van der Waals surface area (Å²) in [5.41, 5.74) is 1.49. The summed E-state index contributed by atoms with van der Waals surface area (Å²) < 4.78 is 7.15. The minimum atomic E-state index is 0.332. The maximum Gasteiger partial charge on any atom is 0.0674 e. The Morgan fingerprint density at radius 1 is 1.33 bits per heavy atom. The lowest BCUT2D eigenvalue weighted by molar-refractivity contribution is -0.0525. The van der Waals surface area contributed by atoms with E-state index in [0.29, 0.717) is 12.1 Å². The van der Waals surface area contributed by atoms with E-state index in [1.165, 1.54) is 20.5 Å². The normalized spacial score (nSPS) is 23.8. The molecule has 21 heavy (non-hydrogen) atoms. The number of ether oxygens (including phenoxy) is 1. The first-order valence-corrected chi connectivity index (χ1v) is 8.50. The van der Waals surface area contributed by atoms with Crippen LogP contribution in [0.1, 0.15) is 24.3 Å². The van der Waals surface area contributed by atoms with Gasteiger partial charge in [-0.1, -0.05) is 18.2 Å². The van der Waals surface area contributed by atoms with Crippen molar-refractivity contribution in [2.24, 2.45) is 0 Å². The minimum Gasteiger partial charge on any atom is -0.376 e. The van der Waals surface area contributed by atoms with Crippen molar-refractivity contribution < 1.29 is 4.74 Å². The standard InChI is InChI=1S/C17H24N2OS/c1-12-11-20-13(2)9-19(12)10-15-14-6-4-5-7-16(14)21-17(15)8-18-3/h4-7,12-13,18H,8-11H2,1-3H3. The summed E-state index contributed by atoms with van der Waals surface area (Å²) in [7, 11) is 2.02. The number of morpholine rings is 1. The van der Waals surface area contributed by atoms with Gasteiger partial charge in [0.25, 0.3) is 0 Å². The van der Waals surface area contributed by atoms with Gasteiger partial charge < -0.3 is 10.1 Å². The highest BCUT2D eigenvalue weighted by molar-refractivity contribution is 7.19. The predicted molar refractivity (Wildman–Crippen MR) is 89.9 cm³/mol. The van der Waals surface area contributed by atoms with Gasteiger partial charge in [0.05, 0.1) is 12.7 Å². The van der Waals surface area contributed by atoms with Crippen LogP contribution in [0.2, 0.25) is 0 Å². The minimum absolute atomic E-state index is 0.332. The molecule has 0 saturated carbocycles. The highest BCUT2D eigenvalue weighted by atomic mass is 32.1. The molecule has 1 N–H and O–H groups in total. The maximum absolute atomic E-state index is 5.75. The second kappa shape index (κ2) is 6.44. The van der Waals surface area contributed by atoms with E-state index in [9.17, 15) is 0 Å². The number of hydrogen-bond acceptors (Lipinski definition) is 4. The van der Waals surface area contributed by atoms with Gasteiger partial charge in [0, 0.05) is 35.3 Å². The number of rotatable bonds is 4. The second-order valence-corrected chi connectivity index (χ2v) is 7.09. The fourth-order valence-electron chi connectivity index (χ4n) is 3.02. The average molecular weight is 304 g/mol. The van der Waals surface area contributed by atoms with E-state index in [2.05, 4.69) is 48.3 Å². The number of thiophene rings is 1. The quantitative estimate of drug-likeness (QED) is 0.938. The van der Waals surface area contributed by atoms with Gasteiger partial charge in [-0.3, -0.25) is 4.90 Å². The highest BCUT2D eigenvalue weighted by Crippen LogP contribution is 2.33. The summed E-state index contributed by atoms with van der Waals surface area (Å²) in [6, 6.07) is 9.25. The van der Waals surface area contributed by atoms with E-state index in [-0.39, 0.29) is 0 Å². The maximum atomic E-state index is 5.75. The van der Waals surface area contributed by atoms with Crippen LogP contribution in [0.15, 0.2) is 24.3 Å². The summed E-state index contributed by atoms with van der Waals surface area (Å²) in [5.74, 6) is 0. The van der Waals surface area contributed by atoms with Gasteiger partial charge in [0.1, 0.15) is 0 Å². The third-order valence-corrected chi connectivity index (χ3v) is 5.43. The molecule has 0 amide bonds. The lowest BCUT2D eigenvalue weighted by atomic mass is 10.1. The molecule has 114 valence electrons. The zero-order valence-corrected chi connectivity index (χ0v) is 13.9. The molecule has 1 aliphatic rings. The molecule has 1 saturated heterocycles. The topological polar surface area (TPSA) is 24.5 Å². The molecule has 4 heteroatoms. The molecule has 3 rings (SSSR count).